The van der Waals surface area contributed by atoms with Gasteiger partial charge >= 0.3 is 0 Å². The fraction of sp³-hybridized carbons (Fsp3) is 0.900. The van der Waals surface area contributed by atoms with Gasteiger partial charge in [-0.05, 0) is 32.4 Å². The number of hydrogen-bond donors (Lipinski definition) is 0. The fourth-order valence-corrected chi connectivity index (χ4v) is 3.22. The van der Waals surface area contributed by atoms with Gasteiger partial charge in [0.15, 0.2) is 0 Å². The minimum atomic E-state index is -2.82. The van der Waals surface area contributed by atoms with E-state index in [1.807, 2.05) is 13.8 Å². The zero-order valence-electron chi connectivity index (χ0n) is 9.62. The molecule has 0 amide bonds. The van der Waals surface area contributed by atoms with Crippen molar-refractivity contribution >= 4 is 21.6 Å². The molecule has 88 valence electrons. The maximum atomic E-state index is 10.8. The maximum Gasteiger partial charge on any atom is 0.148 e. The fourth-order valence-electron chi connectivity index (χ4n) is 0.984. The van der Waals surface area contributed by atoms with Gasteiger partial charge in [0.25, 0.3) is 0 Å². The first-order chi connectivity index (χ1) is 6.77. The Morgan fingerprint density at radius 3 is 2.40 bits per heavy atom. The van der Waals surface area contributed by atoms with Gasteiger partial charge in [-0.15, -0.1) is 0 Å². The normalized spacial score (nSPS) is 12.4. The van der Waals surface area contributed by atoms with E-state index in [0.29, 0.717) is 5.75 Å². The topological polar surface area (TPSA) is 57.9 Å². The van der Waals surface area contributed by atoms with Crippen molar-refractivity contribution in [1.29, 1.82) is 5.26 Å². The van der Waals surface area contributed by atoms with E-state index in [9.17, 15) is 8.42 Å². The highest BCUT2D eigenvalue weighted by molar-refractivity contribution is 8.00. The third-order valence-corrected chi connectivity index (χ3v) is 4.27. The molecule has 5 heteroatoms. The van der Waals surface area contributed by atoms with Crippen LogP contribution in [-0.2, 0) is 9.84 Å². The number of rotatable bonds is 7. The molecule has 0 aliphatic heterocycles. The highest BCUT2D eigenvalue weighted by Crippen LogP contribution is 2.21. The summed E-state index contributed by atoms with van der Waals surface area (Å²) in [5.74, 6) is 1.84. The summed E-state index contributed by atoms with van der Waals surface area (Å²) in [7, 11) is -2.82. The Morgan fingerprint density at radius 2 is 1.93 bits per heavy atom. The molecule has 15 heavy (non-hydrogen) atoms. The molecule has 0 rings (SSSR count). The minimum absolute atomic E-state index is 0.249. The van der Waals surface area contributed by atoms with Gasteiger partial charge in [0.05, 0.1) is 17.2 Å². The monoisotopic (exact) mass is 249 g/mol. The molecule has 0 aromatic heterocycles. The predicted molar refractivity (Wildman–Crippen MR) is 65.7 cm³/mol. The molecule has 0 N–H and O–H groups in total. The summed E-state index contributed by atoms with van der Waals surface area (Å²) in [6.07, 6.45) is 3.09. The number of nitrogens with zero attached hydrogens (tertiary/aromatic N) is 1. The van der Waals surface area contributed by atoms with E-state index in [0.717, 1.165) is 18.6 Å². The summed E-state index contributed by atoms with van der Waals surface area (Å²) in [6, 6.07) is 2.25. The molecular formula is C10H19NO2S2. The molecule has 0 bridgehead atoms. The van der Waals surface area contributed by atoms with E-state index in [1.54, 1.807) is 11.8 Å². The summed E-state index contributed by atoms with van der Waals surface area (Å²) >= 11 is 1.64. The molecule has 0 radical (unpaired) electrons. The van der Waals surface area contributed by atoms with Crippen molar-refractivity contribution in [3.8, 4) is 6.07 Å². The van der Waals surface area contributed by atoms with Crippen molar-refractivity contribution in [3.63, 3.8) is 0 Å². The molecule has 0 unspecified atom stereocenters. The quantitative estimate of drug-likeness (QED) is 0.648. The van der Waals surface area contributed by atoms with E-state index in [4.69, 9.17) is 5.26 Å². The van der Waals surface area contributed by atoms with E-state index in [-0.39, 0.29) is 11.2 Å². The van der Waals surface area contributed by atoms with Gasteiger partial charge in [0, 0.05) is 12.0 Å². The number of thioether (sulfide) groups is 1. The van der Waals surface area contributed by atoms with Gasteiger partial charge < -0.3 is 0 Å². The number of hydrogen-bond acceptors (Lipinski definition) is 4. The molecule has 0 spiro atoms. The average molecular weight is 249 g/mol. The Labute approximate surface area is 97.2 Å². The lowest BCUT2D eigenvalue weighted by molar-refractivity contribution is 0.448. The molecule has 3 nitrogen and oxygen atoms in total. The highest BCUT2D eigenvalue weighted by atomic mass is 32.2. The molecule has 0 atom stereocenters. The molecule has 0 fully saturated rings. The van der Waals surface area contributed by atoms with Crippen LogP contribution in [0, 0.1) is 16.7 Å². The zero-order valence-corrected chi connectivity index (χ0v) is 11.2. The van der Waals surface area contributed by atoms with Crippen LogP contribution in [0.4, 0.5) is 0 Å². The van der Waals surface area contributed by atoms with Crippen molar-refractivity contribution in [1.82, 2.24) is 0 Å². The van der Waals surface area contributed by atoms with E-state index >= 15 is 0 Å². The summed E-state index contributed by atoms with van der Waals surface area (Å²) in [4.78, 5) is 0. The Bertz CT molecular complexity index is 315. The predicted octanol–water partition coefficient (Wildman–Crippen LogP) is 2.09. The van der Waals surface area contributed by atoms with Crippen LogP contribution < -0.4 is 0 Å². The smallest absolute Gasteiger partial charge is 0.148 e. The molecule has 0 aromatic carbocycles. The molecule has 0 aliphatic carbocycles. The number of nitriles is 1. The molecule has 0 aromatic rings. The molecular weight excluding hydrogens is 230 g/mol. The van der Waals surface area contributed by atoms with Gasteiger partial charge in [-0.3, -0.25) is 0 Å². The van der Waals surface area contributed by atoms with Crippen molar-refractivity contribution in [3.05, 3.63) is 0 Å². The van der Waals surface area contributed by atoms with Crippen LogP contribution in [0.5, 0.6) is 0 Å². The zero-order chi connectivity index (χ0) is 11.9. The molecule has 0 heterocycles. The van der Waals surface area contributed by atoms with Crippen LogP contribution >= 0.6 is 11.8 Å². The van der Waals surface area contributed by atoms with Crippen LogP contribution in [0.1, 0.15) is 26.7 Å². The van der Waals surface area contributed by atoms with Crippen molar-refractivity contribution in [2.75, 3.05) is 23.5 Å². The van der Waals surface area contributed by atoms with Gasteiger partial charge in [-0.2, -0.15) is 17.0 Å². The van der Waals surface area contributed by atoms with E-state index in [1.165, 1.54) is 6.26 Å². The van der Waals surface area contributed by atoms with Crippen molar-refractivity contribution in [2.45, 2.75) is 26.7 Å². The standard InChI is InChI=1S/C10H19NO2S2/c1-10(2,9-11)5-4-6-14-7-8-15(3,12)13/h4-8H2,1-3H3. The Morgan fingerprint density at radius 1 is 1.33 bits per heavy atom. The molecule has 0 saturated carbocycles. The van der Waals surface area contributed by atoms with E-state index < -0.39 is 9.84 Å². The van der Waals surface area contributed by atoms with Crippen LogP contribution in [0.2, 0.25) is 0 Å². The minimum Gasteiger partial charge on any atom is -0.229 e. The SMILES string of the molecule is CC(C)(C#N)CCCSCCS(C)(=O)=O. The first-order valence-corrected chi connectivity index (χ1v) is 8.15. The van der Waals surface area contributed by atoms with Gasteiger partial charge in [-0.25, -0.2) is 8.42 Å². The average Bonchev–Trinajstić information content (AvgIpc) is 2.09. The summed E-state index contributed by atoms with van der Waals surface area (Å²) in [5, 5.41) is 8.77. The third-order valence-electron chi connectivity index (χ3n) is 1.99. The summed E-state index contributed by atoms with van der Waals surface area (Å²) in [6.45, 7) is 3.85. The van der Waals surface area contributed by atoms with Crippen LogP contribution in [0.15, 0.2) is 0 Å². The van der Waals surface area contributed by atoms with Crippen molar-refractivity contribution in [2.24, 2.45) is 5.41 Å². The van der Waals surface area contributed by atoms with Gasteiger partial charge in [0.2, 0.25) is 0 Å². The van der Waals surface area contributed by atoms with Crippen LogP contribution in [0.3, 0.4) is 0 Å². The molecule has 0 saturated heterocycles. The van der Waals surface area contributed by atoms with Crippen LogP contribution in [0.25, 0.3) is 0 Å². The first kappa shape index (κ1) is 14.8. The first-order valence-electron chi connectivity index (χ1n) is 4.93. The number of sulfone groups is 1. The highest BCUT2D eigenvalue weighted by Gasteiger charge is 2.15. The lowest BCUT2D eigenvalue weighted by atomic mass is 9.90. The Kier molecular flexibility index (Phi) is 6.30. The van der Waals surface area contributed by atoms with Crippen LogP contribution in [-0.4, -0.2) is 31.9 Å². The lowest BCUT2D eigenvalue weighted by Gasteiger charge is -2.13. The second-order valence-electron chi connectivity index (χ2n) is 4.34. The Hall–Kier alpha value is -0.210. The summed E-state index contributed by atoms with van der Waals surface area (Å²) < 4.78 is 21.6. The van der Waals surface area contributed by atoms with Gasteiger partial charge in [0.1, 0.15) is 9.84 Å². The second-order valence-corrected chi connectivity index (χ2v) is 7.83. The maximum absolute atomic E-state index is 10.8. The van der Waals surface area contributed by atoms with Gasteiger partial charge in [-0.1, -0.05) is 0 Å². The third kappa shape index (κ3) is 10.1. The second kappa shape index (κ2) is 6.39. The lowest BCUT2D eigenvalue weighted by Crippen LogP contribution is -2.08. The largest absolute Gasteiger partial charge is 0.229 e. The van der Waals surface area contributed by atoms with Crippen molar-refractivity contribution < 1.29 is 8.42 Å². The Balaban J connectivity index is 3.46. The molecule has 0 aliphatic rings. The summed E-state index contributed by atoms with van der Waals surface area (Å²) in [5.41, 5.74) is -0.253. The van der Waals surface area contributed by atoms with E-state index in [2.05, 4.69) is 6.07 Å².